The third-order valence-electron chi connectivity index (χ3n) is 4.41. The van der Waals surface area contributed by atoms with Crippen molar-refractivity contribution in [3.63, 3.8) is 0 Å². The molecule has 2 heterocycles. The minimum absolute atomic E-state index is 0.130. The Morgan fingerprint density at radius 2 is 1.96 bits per heavy atom. The molecule has 8 nitrogen and oxygen atoms in total. The normalized spacial score (nSPS) is 12.9. The van der Waals surface area contributed by atoms with Gasteiger partial charge < -0.3 is 15.2 Å². The number of aromatic amines is 1. The van der Waals surface area contributed by atoms with Crippen LogP contribution in [0.3, 0.4) is 0 Å². The number of rotatable bonds is 6. The highest BCUT2D eigenvalue weighted by molar-refractivity contribution is 5.74. The van der Waals surface area contributed by atoms with Gasteiger partial charge in [-0.1, -0.05) is 18.2 Å². The number of fused-ring (bicyclic) bond motifs is 1. The van der Waals surface area contributed by atoms with Gasteiger partial charge >= 0.3 is 0 Å². The Bertz CT molecular complexity index is 1010. The van der Waals surface area contributed by atoms with Crippen LogP contribution in [0, 0.1) is 13.8 Å². The topological polar surface area (TPSA) is 105 Å². The van der Waals surface area contributed by atoms with Crippen molar-refractivity contribution >= 4 is 17.0 Å². The van der Waals surface area contributed by atoms with Gasteiger partial charge in [0.05, 0.1) is 11.7 Å². The first-order valence-corrected chi connectivity index (χ1v) is 9.26. The van der Waals surface area contributed by atoms with Crippen LogP contribution in [0.5, 0.6) is 5.75 Å². The second-order valence-electron chi connectivity index (χ2n) is 7.95. The van der Waals surface area contributed by atoms with Gasteiger partial charge in [0.25, 0.3) is 5.56 Å². The quantitative estimate of drug-likeness (QED) is 0.602. The molecule has 0 spiro atoms. The highest BCUT2D eigenvalue weighted by Crippen LogP contribution is 2.22. The van der Waals surface area contributed by atoms with Crippen molar-refractivity contribution in [3.8, 4) is 5.75 Å². The van der Waals surface area contributed by atoms with Crippen LogP contribution in [0.25, 0.3) is 11.0 Å². The summed E-state index contributed by atoms with van der Waals surface area (Å²) in [4.78, 5) is 19.4. The lowest BCUT2D eigenvalue weighted by atomic mass is 10.1. The number of nitrogens with zero attached hydrogens (tertiary/aromatic N) is 3. The van der Waals surface area contributed by atoms with E-state index in [0.29, 0.717) is 11.0 Å². The maximum Gasteiger partial charge on any atom is 0.263 e. The average Bonchev–Trinajstić information content (AvgIpc) is 3.04. The molecule has 0 fully saturated rings. The largest absolute Gasteiger partial charge is 0.490 e. The van der Waals surface area contributed by atoms with Gasteiger partial charge in [-0.2, -0.15) is 10.1 Å². The van der Waals surface area contributed by atoms with Crippen LogP contribution in [-0.4, -0.2) is 44.1 Å². The highest BCUT2D eigenvalue weighted by Gasteiger charge is 2.20. The summed E-state index contributed by atoms with van der Waals surface area (Å²) >= 11 is 0. The van der Waals surface area contributed by atoms with Gasteiger partial charge in [0, 0.05) is 6.54 Å². The summed E-state index contributed by atoms with van der Waals surface area (Å²) in [5.41, 5.74) is 1.96. The molecule has 0 aliphatic carbocycles. The van der Waals surface area contributed by atoms with Crippen LogP contribution >= 0.6 is 0 Å². The Hall–Kier alpha value is -2.87. The predicted molar refractivity (Wildman–Crippen MR) is 109 cm³/mol. The van der Waals surface area contributed by atoms with Crippen LogP contribution in [0.15, 0.2) is 29.2 Å². The van der Waals surface area contributed by atoms with E-state index in [-0.39, 0.29) is 30.2 Å². The van der Waals surface area contributed by atoms with E-state index in [1.54, 1.807) is 4.68 Å². The van der Waals surface area contributed by atoms with Crippen LogP contribution in [0.2, 0.25) is 0 Å². The second-order valence-corrected chi connectivity index (χ2v) is 7.95. The number of H-pyrrole nitrogens is 1. The Morgan fingerprint density at radius 3 is 2.61 bits per heavy atom. The first-order chi connectivity index (χ1) is 13.2. The number of hydrogen-bond acceptors (Lipinski definition) is 6. The molecular formula is C20H27N5O3. The van der Waals surface area contributed by atoms with Crippen molar-refractivity contribution in [2.75, 3.05) is 18.5 Å². The van der Waals surface area contributed by atoms with Crippen LogP contribution < -0.4 is 15.6 Å². The van der Waals surface area contributed by atoms with Gasteiger partial charge in [0.15, 0.2) is 5.65 Å². The molecule has 3 rings (SSSR count). The Morgan fingerprint density at radius 1 is 1.29 bits per heavy atom. The average molecular weight is 385 g/mol. The van der Waals surface area contributed by atoms with E-state index >= 15 is 0 Å². The maximum absolute atomic E-state index is 12.3. The number of anilines is 1. The number of benzene rings is 1. The fraction of sp³-hybridized carbons (Fsp3) is 0.450. The van der Waals surface area contributed by atoms with Crippen molar-refractivity contribution in [2.45, 2.75) is 46.3 Å². The molecule has 0 saturated carbocycles. The number of hydrogen-bond donors (Lipinski definition) is 3. The second kappa shape index (κ2) is 7.63. The van der Waals surface area contributed by atoms with Crippen molar-refractivity contribution in [3.05, 3.63) is 45.9 Å². The summed E-state index contributed by atoms with van der Waals surface area (Å²) < 4.78 is 7.48. The monoisotopic (exact) mass is 385 g/mol. The number of aromatic nitrogens is 4. The van der Waals surface area contributed by atoms with Gasteiger partial charge in [-0.05, 0) is 45.7 Å². The molecule has 0 saturated heterocycles. The summed E-state index contributed by atoms with van der Waals surface area (Å²) in [6.07, 6.45) is 0.746. The zero-order valence-corrected chi connectivity index (χ0v) is 16.9. The highest BCUT2D eigenvalue weighted by atomic mass is 16.5. The Labute approximate surface area is 163 Å². The van der Waals surface area contributed by atoms with Crippen molar-refractivity contribution in [1.82, 2.24) is 19.7 Å². The van der Waals surface area contributed by atoms with Gasteiger partial charge in [-0.15, -0.1) is 0 Å². The van der Waals surface area contributed by atoms with E-state index in [9.17, 15) is 9.90 Å². The Kier molecular flexibility index (Phi) is 5.42. The third-order valence-corrected chi connectivity index (χ3v) is 4.41. The zero-order chi connectivity index (χ0) is 20.5. The van der Waals surface area contributed by atoms with Crippen molar-refractivity contribution in [2.24, 2.45) is 0 Å². The van der Waals surface area contributed by atoms with Gasteiger partial charge in [-0.3, -0.25) is 9.78 Å². The molecule has 1 atom stereocenters. The lowest BCUT2D eigenvalue weighted by Gasteiger charge is -2.20. The minimum atomic E-state index is -0.771. The number of para-hydroxylation sites is 1. The standard InChI is InChI=1S/C20H27N5O3/c1-12-7-6-8-13(2)16(12)28-11-14(26)9-21-19-23-17-15(18(27)24-19)10-22-25(17)20(3,4)5/h6-8,10,14,26H,9,11H2,1-5H3,(H2,21,23,24,27). The van der Waals surface area contributed by atoms with E-state index in [2.05, 4.69) is 20.4 Å². The van der Waals surface area contributed by atoms with E-state index in [1.807, 2.05) is 52.8 Å². The summed E-state index contributed by atoms with van der Waals surface area (Å²) in [5, 5.41) is 17.9. The number of ether oxygens (including phenoxy) is 1. The molecule has 3 aromatic rings. The van der Waals surface area contributed by atoms with E-state index in [4.69, 9.17) is 4.74 Å². The lowest BCUT2D eigenvalue weighted by Crippen LogP contribution is -2.28. The summed E-state index contributed by atoms with van der Waals surface area (Å²) in [7, 11) is 0. The van der Waals surface area contributed by atoms with Crippen LogP contribution in [0.1, 0.15) is 31.9 Å². The van der Waals surface area contributed by atoms with Gasteiger partial charge in [-0.25, -0.2) is 4.68 Å². The summed E-state index contributed by atoms with van der Waals surface area (Å²) in [6.45, 7) is 10.2. The molecule has 3 N–H and O–H groups in total. The maximum atomic E-state index is 12.3. The first-order valence-electron chi connectivity index (χ1n) is 9.26. The first kappa shape index (κ1) is 19.9. The molecule has 2 aromatic heterocycles. The number of aliphatic hydroxyl groups excluding tert-OH is 1. The molecule has 1 unspecified atom stereocenters. The van der Waals surface area contributed by atoms with E-state index in [1.165, 1.54) is 6.20 Å². The summed E-state index contributed by atoms with van der Waals surface area (Å²) in [5.74, 6) is 1.07. The number of aliphatic hydroxyl groups is 1. The molecule has 0 radical (unpaired) electrons. The molecule has 0 aliphatic rings. The molecule has 28 heavy (non-hydrogen) atoms. The third kappa shape index (κ3) is 4.17. The molecule has 0 amide bonds. The molecule has 0 aliphatic heterocycles. The number of nitrogens with one attached hydrogen (secondary N) is 2. The fourth-order valence-electron chi connectivity index (χ4n) is 2.97. The summed E-state index contributed by atoms with van der Waals surface area (Å²) in [6, 6.07) is 5.90. The molecule has 0 bridgehead atoms. The van der Waals surface area contributed by atoms with Crippen LogP contribution in [0.4, 0.5) is 5.95 Å². The molecule has 8 heteroatoms. The predicted octanol–water partition coefficient (Wildman–Crippen LogP) is 2.34. The van der Waals surface area contributed by atoms with Crippen molar-refractivity contribution < 1.29 is 9.84 Å². The van der Waals surface area contributed by atoms with Crippen LogP contribution in [-0.2, 0) is 5.54 Å². The van der Waals surface area contributed by atoms with E-state index in [0.717, 1.165) is 16.9 Å². The van der Waals surface area contributed by atoms with E-state index < -0.39 is 6.10 Å². The zero-order valence-electron chi connectivity index (χ0n) is 16.9. The molecular weight excluding hydrogens is 358 g/mol. The Balaban J connectivity index is 1.68. The van der Waals surface area contributed by atoms with Gasteiger partial charge in [0.2, 0.25) is 5.95 Å². The number of aryl methyl sites for hydroxylation is 2. The SMILES string of the molecule is Cc1cccc(C)c1OCC(O)CNc1nc2c(cnn2C(C)(C)C)c(=O)[nH]1. The van der Waals surface area contributed by atoms with Gasteiger partial charge in [0.1, 0.15) is 23.8 Å². The van der Waals surface area contributed by atoms with Crippen molar-refractivity contribution in [1.29, 1.82) is 0 Å². The lowest BCUT2D eigenvalue weighted by molar-refractivity contribution is 0.116. The smallest absolute Gasteiger partial charge is 0.263 e. The molecule has 1 aromatic carbocycles. The minimum Gasteiger partial charge on any atom is -0.490 e. The molecule has 150 valence electrons. The fourth-order valence-corrected chi connectivity index (χ4v) is 2.97.